The van der Waals surface area contributed by atoms with Crippen LogP contribution in [-0.4, -0.2) is 69.6 Å². The fourth-order valence-corrected chi connectivity index (χ4v) is 2.91. The Labute approximate surface area is 158 Å². The average molecular weight is 371 g/mol. The third-order valence-electron chi connectivity index (χ3n) is 4.84. The number of benzene rings is 1. The molecule has 3 rings (SSSR count). The first-order chi connectivity index (χ1) is 13.1. The van der Waals surface area contributed by atoms with Crippen LogP contribution in [0.15, 0.2) is 30.3 Å². The highest BCUT2D eigenvalue weighted by Crippen LogP contribution is 2.17. The number of tetrazole rings is 1. The van der Waals surface area contributed by atoms with Gasteiger partial charge in [0, 0.05) is 32.1 Å². The fraction of sp³-hybridized carbons (Fsp3) is 0.500. The third kappa shape index (κ3) is 4.42. The maximum atomic E-state index is 12.3. The topological polar surface area (TPSA) is 96.2 Å². The Morgan fingerprint density at radius 2 is 1.85 bits per heavy atom. The highest BCUT2D eigenvalue weighted by molar-refractivity contribution is 5.85. The van der Waals surface area contributed by atoms with Crippen molar-refractivity contribution < 1.29 is 9.59 Å². The molecule has 1 aromatic carbocycles. The highest BCUT2D eigenvalue weighted by atomic mass is 16.2. The number of piperazine rings is 1. The first kappa shape index (κ1) is 18.8. The molecule has 144 valence electrons. The van der Waals surface area contributed by atoms with Crippen LogP contribution in [0.4, 0.5) is 5.95 Å². The summed E-state index contributed by atoms with van der Waals surface area (Å²) in [4.78, 5) is 28.0. The summed E-state index contributed by atoms with van der Waals surface area (Å²) in [7, 11) is 0. The zero-order valence-corrected chi connectivity index (χ0v) is 15.7. The van der Waals surface area contributed by atoms with Gasteiger partial charge in [0.25, 0.3) is 0 Å². The van der Waals surface area contributed by atoms with Gasteiger partial charge in [0.05, 0.1) is 12.2 Å². The van der Waals surface area contributed by atoms with Crippen LogP contribution < -0.4 is 10.2 Å². The molecule has 0 bridgehead atoms. The Kier molecular flexibility index (Phi) is 6.00. The van der Waals surface area contributed by atoms with Crippen molar-refractivity contribution in [3.8, 4) is 5.69 Å². The van der Waals surface area contributed by atoms with Gasteiger partial charge in [-0.05, 0) is 29.0 Å². The third-order valence-corrected chi connectivity index (χ3v) is 4.84. The molecule has 2 aromatic rings. The van der Waals surface area contributed by atoms with Crippen LogP contribution in [0.25, 0.3) is 5.69 Å². The molecule has 2 heterocycles. The second-order valence-electron chi connectivity index (χ2n) is 6.62. The number of amides is 2. The summed E-state index contributed by atoms with van der Waals surface area (Å²) < 4.78 is 1.70. The van der Waals surface area contributed by atoms with Crippen molar-refractivity contribution in [2.75, 3.05) is 37.6 Å². The Morgan fingerprint density at radius 3 is 2.52 bits per heavy atom. The molecule has 27 heavy (non-hydrogen) atoms. The van der Waals surface area contributed by atoms with Gasteiger partial charge in [-0.25, -0.2) is 0 Å². The summed E-state index contributed by atoms with van der Waals surface area (Å²) in [6.07, 6.45) is 0.759. The van der Waals surface area contributed by atoms with E-state index in [0.717, 1.165) is 12.1 Å². The lowest BCUT2D eigenvalue weighted by molar-refractivity contribution is -0.134. The van der Waals surface area contributed by atoms with Gasteiger partial charge in [0.1, 0.15) is 0 Å². The minimum atomic E-state index is -0.0773. The molecule has 1 aliphatic rings. The molecule has 1 saturated heterocycles. The summed E-state index contributed by atoms with van der Waals surface area (Å²) in [5, 5.41) is 14.7. The summed E-state index contributed by atoms with van der Waals surface area (Å²) in [5.74, 6) is 0.449. The van der Waals surface area contributed by atoms with Gasteiger partial charge in [-0.3, -0.25) is 9.59 Å². The van der Waals surface area contributed by atoms with E-state index in [1.807, 2.05) is 44.2 Å². The molecule has 1 fully saturated rings. The normalized spacial score (nSPS) is 15.5. The smallest absolute Gasteiger partial charge is 0.250 e. The Morgan fingerprint density at radius 1 is 1.15 bits per heavy atom. The van der Waals surface area contributed by atoms with Gasteiger partial charge >= 0.3 is 0 Å². The molecular formula is C18H25N7O2. The van der Waals surface area contributed by atoms with Crippen LogP contribution in [0.3, 0.4) is 0 Å². The van der Waals surface area contributed by atoms with Crippen molar-refractivity contribution in [1.82, 2.24) is 30.4 Å². The number of aromatic nitrogens is 4. The number of carbonyl (C=O) groups is 2. The van der Waals surface area contributed by atoms with Crippen LogP contribution in [0.5, 0.6) is 0 Å². The SMILES string of the molecule is CC[C@H](C)C(=O)NCC(=O)N1CCN(c2nnnn2-c2ccccc2)CC1. The fourth-order valence-electron chi connectivity index (χ4n) is 2.91. The van der Waals surface area contributed by atoms with E-state index in [2.05, 4.69) is 25.7 Å². The van der Waals surface area contributed by atoms with Crippen molar-refractivity contribution in [2.45, 2.75) is 20.3 Å². The van der Waals surface area contributed by atoms with E-state index in [-0.39, 0.29) is 24.3 Å². The molecular weight excluding hydrogens is 346 g/mol. The van der Waals surface area contributed by atoms with Crippen LogP contribution in [0.1, 0.15) is 20.3 Å². The second-order valence-corrected chi connectivity index (χ2v) is 6.62. The molecule has 2 amide bonds. The van der Waals surface area contributed by atoms with Gasteiger partial charge in [-0.2, -0.15) is 4.68 Å². The number of nitrogens with one attached hydrogen (secondary N) is 1. The summed E-state index contributed by atoms with van der Waals surface area (Å²) in [6, 6.07) is 9.70. The molecule has 0 unspecified atom stereocenters. The Bertz CT molecular complexity index is 769. The summed E-state index contributed by atoms with van der Waals surface area (Å²) in [5.41, 5.74) is 0.892. The summed E-state index contributed by atoms with van der Waals surface area (Å²) >= 11 is 0. The van der Waals surface area contributed by atoms with E-state index in [4.69, 9.17) is 0 Å². The van der Waals surface area contributed by atoms with E-state index in [0.29, 0.717) is 32.1 Å². The number of hydrogen-bond donors (Lipinski definition) is 1. The minimum absolute atomic E-state index is 0.0466. The van der Waals surface area contributed by atoms with Gasteiger partial charge in [0.15, 0.2) is 0 Å². The number of hydrogen-bond acceptors (Lipinski definition) is 6. The van der Waals surface area contributed by atoms with Gasteiger partial charge in [0.2, 0.25) is 17.8 Å². The van der Waals surface area contributed by atoms with Gasteiger partial charge in [-0.1, -0.05) is 37.1 Å². The second kappa shape index (κ2) is 8.61. The van der Waals surface area contributed by atoms with E-state index >= 15 is 0 Å². The van der Waals surface area contributed by atoms with Crippen molar-refractivity contribution in [3.63, 3.8) is 0 Å². The first-order valence-electron chi connectivity index (χ1n) is 9.24. The first-order valence-corrected chi connectivity index (χ1v) is 9.24. The Balaban J connectivity index is 1.55. The van der Waals surface area contributed by atoms with Gasteiger partial charge in [-0.15, -0.1) is 0 Å². The number of anilines is 1. The van der Waals surface area contributed by atoms with Crippen molar-refractivity contribution in [3.05, 3.63) is 30.3 Å². The minimum Gasteiger partial charge on any atom is -0.347 e. The highest BCUT2D eigenvalue weighted by Gasteiger charge is 2.25. The quantitative estimate of drug-likeness (QED) is 0.793. The molecule has 9 nitrogen and oxygen atoms in total. The molecule has 0 aliphatic carbocycles. The monoisotopic (exact) mass is 371 g/mol. The molecule has 0 radical (unpaired) electrons. The maximum absolute atomic E-state index is 12.3. The van der Waals surface area contributed by atoms with Crippen molar-refractivity contribution in [1.29, 1.82) is 0 Å². The van der Waals surface area contributed by atoms with E-state index < -0.39 is 0 Å². The molecule has 0 saturated carbocycles. The van der Waals surface area contributed by atoms with Crippen molar-refractivity contribution >= 4 is 17.8 Å². The number of nitrogens with zero attached hydrogens (tertiary/aromatic N) is 6. The van der Waals surface area contributed by atoms with Crippen LogP contribution in [0, 0.1) is 5.92 Å². The molecule has 0 spiro atoms. The van der Waals surface area contributed by atoms with Crippen LogP contribution >= 0.6 is 0 Å². The molecule has 1 N–H and O–H groups in total. The number of carbonyl (C=O) groups excluding carboxylic acids is 2. The number of para-hydroxylation sites is 1. The van der Waals surface area contributed by atoms with Gasteiger partial charge < -0.3 is 15.1 Å². The standard InChI is InChI=1S/C18H25N7O2/c1-3-14(2)17(27)19-13-16(26)23-9-11-24(12-10-23)18-20-21-22-25(18)15-7-5-4-6-8-15/h4-8,14H,3,9-13H2,1-2H3,(H,19,27)/t14-/m0/s1. The molecule has 1 atom stereocenters. The average Bonchev–Trinajstić information content (AvgIpc) is 3.21. The lowest BCUT2D eigenvalue weighted by atomic mass is 10.1. The zero-order valence-electron chi connectivity index (χ0n) is 15.7. The van der Waals surface area contributed by atoms with Crippen molar-refractivity contribution in [2.24, 2.45) is 5.92 Å². The lowest BCUT2D eigenvalue weighted by Gasteiger charge is -2.34. The summed E-state index contributed by atoms with van der Waals surface area (Å²) in [6.45, 7) is 6.27. The van der Waals surface area contributed by atoms with E-state index in [9.17, 15) is 9.59 Å². The Hall–Kier alpha value is -2.97. The lowest BCUT2D eigenvalue weighted by Crippen LogP contribution is -2.52. The maximum Gasteiger partial charge on any atom is 0.250 e. The predicted octanol–water partition coefficient (Wildman–Crippen LogP) is 0.473. The van der Waals surface area contributed by atoms with E-state index in [1.54, 1.807) is 9.58 Å². The van der Waals surface area contributed by atoms with Crippen LogP contribution in [0.2, 0.25) is 0 Å². The van der Waals surface area contributed by atoms with E-state index in [1.165, 1.54) is 0 Å². The zero-order chi connectivity index (χ0) is 19.2. The largest absolute Gasteiger partial charge is 0.347 e. The van der Waals surface area contributed by atoms with Crippen LogP contribution in [-0.2, 0) is 9.59 Å². The molecule has 1 aliphatic heterocycles. The predicted molar refractivity (Wildman–Crippen MR) is 100 cm³/mol. The number of rotatable bonds is 6. The molecule has 9 heteroatoms. The molecule has 1 aromatic heterocycles.